The van der Waals surface area contributed by atoms with E-state index in [2.05, 4.69) is 40.5 Å². The van der Waals surface area contributed by atoms with Gasteiger partial charge in [0, 0.05) is 72.8 Å². The molecule has 10 aromatic rings. The molecule has 0 unspecified atom stereocenters. The second-order valence-electron chi connectivity index (χ2n) is 18.5. The predicted octanol–water partition coefficient (Wildman–Crippen LogP) is 10.5. The number of aryl methyl sites for hydroxylation is 2. The summed E-state index contributed by atoms with van der Waals surface area (Å²) in [7, 11) is 3.12. The van der Waals surface area contributed by atoms with E-state index < -0.39 is 12.0 Å². The van der Waals surface area contributed by atoms with E-state index in [1.807, 2.05) is 141 Å². The third kappa shape index (κ3) is 11.1. The Morgan fingerprint density at radius 2 is 1.00 bits per heavy atom. The van der Waals surface area contributed by atoms with E-state index in [9.17, 15) is 24.3 Å². The molecule has 18 heteroatoms. The van der Waals surface area contributed by atoms with Gasteiger partial charge < -0.3 is 30.1 Å². The van der Waals surface area contributed by atoms with Crippen LogP contribution in [0.2, 0.25) is 0 Å². The van der Waals surface area contributed by atoms with Gasteiger partial charge in [0.15, 0.2) is 0 Å². The van der Waals surface area contributed by atoms with Crippen molar-refractivity contribution in [3.63, 3.8) is 0 Å². The summed E-state index contributed by atoms with van der Waals surface area (Å²) in [6, 6.07) is 40.8. The minimum absolute atomic E-state index is 0. The summed E-state index contributed by atoms with van der Waals surface area (Å²) in [5.41, 5.74) is 5.98. The first kappa shape index (κ1) is 53.7. The number of carboxylic acid groups (broad SMARTS) is 1. The number of rotatable bonds is 14. The highest BCUT2D eigenvalue weighted by molar-refractivity contribution is 6.00. The van der Waals surface area contributed by atoms with Crippen molar-refractivity contribution < 1.29 is 24.2 Å². The summed E-state index contributed by atoms with van der Waals surface area (Å²) in [6.45, 7) is 8.75. The molecule has 0 radical (unpaired) electrons. The molecule has 3 N–H and O–H groups in total. The number of amides is 1. The third-order valence-corrected chi connectivity index (χ3v) is 13.3. The molecule has 1 aliphatic heterocycles. The Morgan fingerprint density at radius 1 is 0.570 bits per heavy atom. The number of carboxylic acids is 1. The van der Waals surface area contributed by atoms with Crippen LogP contribution in [0.25, 0.3) is 55.2 Å². The van der Waals surface area contributed by atoms with Crippen molar-refractivity contribution in [2.24, 2.45) is 0 Å². The number of carbonyl (C=O) groups excluding carboxylic acids is 1. The van der Waals surface area contributed by atoms with Gasteiger partial charge in [-0.2, -0.15) is 0 Å². The van der Waals surface area contributed by atoms with Crippen molar-refractivity contribution in [1.29, 1.82) is 0 Å². The summed E-state index contributed by atoms with van der Waals surface area (Å²) >= 11 is 0. The van der Waals surface area contributed by atoms with Crippen LogP contribution in [0, 0.1) is 13.8 Å². The Morgan fingerprint density at radius 3 is 1.42 bits per heavy atom. The highest BCUT2D eigenvalue weighted by Crippen LogP contribution is 2.34. The normalized spacial score (nSPS) is 12.4. The van der Waals surface area contributed by atoms with Crippen LogP contribution in [0.15, 0.2) is 168 Å². The number of methoxy groups -OCH3 is 2. The summed E-state index contributed by atoms with van der Waals surface area (Å²) in [6.07, 6.45) is 6.16. The minimum Gasteiger partial charge on any atom is -0.481 e. The summed E-state index contributed by atoms with van der Waals surface area (Å²) < 4.78 is 14.0. The van der Waals surface area contributed by atoms with E-state index >= 15 is 0 Å². The van der Waals surface area contributed by atoms with Gasteiger partial charge >= 0.3 is 5.97 Å². The Kier molecular flexibility index (Phi) is 15.7. The number of hydrogen-bond acceptors (Lipinski definition) is 14. The molecule has 0 spiro atoms. The van der Waals surface area contributed by atoms with Crippen molar-refractivity contribution >= 4 is 45.1 Å². The van der Waals surface area contributed by atoms with Crippen LogP contribution in [0.3, 0.4) is 0 Å². The minimum atomic E-state index is -1.14. The zero-order valence-electron chi connectivity index (χ0n) is 43.5. The number of aromatic carboxylic acids is 1. The number of benzene rings is 4. The Hall–Kier alpha value is -10.1. The highest BCUT2D eigenvalue weighted by atomic mass is 16.5. The molecule has 0 bridgehead atoms. The predicted molar refractivity (Wildman–Crippen MR) is 306 cm³/mol. The van der Waals surface area contributed by atoms with E-state index in [0.29, 0.717) is 56.9 Å². The molecule has 398 valence electrons. The van der Waals surface area contributed by atoms with Crippen LogP contribution < -0.4 is 31.2 Å². The number of pyridine rings is 4. The van der Waals surface area contributed by atoms with Crippen molar-refractivity contribution in [2.45, 2.75) is 47.2 Å². The number of fused-ring (bicyclic) bond motifs is 2. The monoisotopic (exact) mass is 1060 g/mol. The quantitative estimate of drug-likeness (QED) is 0.0862. The van der Waals surface area contributed by atoms with E-state index in [4.69, 9.17) is 9.47 Å². The van der Waals surface area contributed by atoms with Crippen LogP contribution in [0.5, 0.6) is 11.8 Å². The van der Waals surface area contributed by atoms with E-state index in [1.54, 1.807) is 66.8 Å². The van der Waals surface area contributed by atoms with Gasteiger partial charge in [-0.15, -0.1) is 0 Å². The standard InChI is InChI=1S/C31H28N6O3.C29H25N5O4.CH4/c1-19(34-29-25(18-33-20(2)35-29)30(38)36-14-15-36)26-16-22-8-7-11-24(21-12-13-32-27(17-21)40-3)28(22)31(39)37(26)23-9-5-4-6-10-23;1-17(32-27-23(29(36)37)16-31-18(2)33-27)24-14-20-8-7-11-22(19-12-13-30-25(15-19)38-3)26(20)28(35)34(24)21-9-5-4-6-10-21;/h4-13,16-19H,14-15H2,1-3H3,(H,33,34,35);4-17H,1-3H3,(H,36,37)(H,31,32,33);1H4/t19-;17-;/m00./s1. The van der Waals surface area contributed by atoms with Gasteiger partial charge in [-0.1, -0.05) is 80.2 Å². The molecular formula is C61H57N11O7. The zero-order valence-corrected chi connectivity index (χ0v) is 43.5. The van der Waals surface area contributed by atoms with Gasteiger partial charge in [0.2, 0.25) is 11.8 Å². The van der Waals surface area contributed by atoms with Gasteiger partial charge in [-0.05, 0) is 109 Å². The van der Waals surface area contributed by atoms with E-state index in [1.165, 1.54) is 6.20 Å². The van der Waals surface area contributed by atoms with Crippen molar-refractivity contribution in [1.82, 2.24) is 43.9 Å². The fourth-order valence-electron chi connectivity index (χ4n) is 9.40. The largest absolute Gasteiger partial charge is 0.481 e. The molecule has 7 heterocycles. The van der Waals surface area contributed by atoms with Crippen LogP contribution in [-0.2, 0) is 0 Å². The molecular weight excluding hydrogens is 999 g/mol. The molecule has 11 rings (SSSR count). The summed E-state index contributed by atoms with van der Waals surface area (Å²) in [5, 5.41) is 18.9. The molecule has 1 amide bonds. The van der Waals surface area contributed by atoms with E-state index in [0.717, 1.165) is 57.5 Å². The summed E-state index contributed by atoms with van der Waals surface area (Å²) in [4.78, 5) is 80.6. The molecule has 4 aromatic carbocycles. The topological polar surface area (TPSA) is 221 Å². The first-order chi connectivity index (χ1) is 37.8. The van der Waals surface area contributed by atoms with Gasteiger partial charge in [0.25, 0.3) is 17.0 Å². The lowest BCUT2D eigenvalue weighted by Gasteiger charge is -2.23. The molecule has 1 aliphatic rings. The zero-order chi connectivity index (χ0) is 54.6. The smallest absolute Gasteiger partial charge is 0.341 e. The van der Waals surface area contributed by atoms with Crippen molar-refractivity contribution in [3.05, 3.63) is 213 Å². The van der Waals surface area contributed by atoms with Gasteiger partial charge in [-0.3, -0.25) is 23.5 Å². The molecule has 79 heavy (non-hydrogen) atoms. The lowest BCUT2D eigenvalue weighted by atomic mass is 9.98. The second kappa shape index (κ2) is 23.0. The molecule has 1 fully saturated rings. The first-order valence-electron chi connectivity index (χ1n) is 25.0. The highest BCUT2D eigenvalue weighted by Gasteiger charge is 2.30. The Bertz CT molecular complexity index is 4040. The second-order valence-corrected chi connectivity index (χ2v) is 18.5. The molecule has 18 nitrogen and oxygen atoms in total. The van der Waals surface area contributed by atoms with Gasteiger partial charge in [0.05, 0.1) is 37.1 Å². The first-order valence-corrected chi connectivity index (χ1v) is 25.0. The number of para-hydroxylation sites is 2. The van der Waals surface area contributed by atoms with Crippen LogP contribution in [0.4, 0.5) is 11.6 Å². The number of nitrogens with zero attached hydrogens (tertiary/aromatic N) is 9. The fraction of sp³-hybridized carbons (Fsp3) is 0.180. The maximum absolute atomic E-state index is 14.4. The maximum Gasteiger partial charge on any atom is 0.341 e. The molecule has 0 saturated carbocycles. The Balaban J connectivity index is 0.000000190. The van der Waals surface area contributed by atoms with Crippen LogP contribution in [0.1, 0.15) is 77.1 Å². The molecule has 6 aromatic heterocycles. The van der Waals surface area contributed by atoms with E-state index in [-0.39, 0.29) is 41.9 Å². The maximum atomic E-state index is 14.4. The lowest BCUT2D eigenvalue weighted by Crippen LogP contribution is -2.26. The number of carbonyl (C=O) groups is 2. The number of nitrogens with one attached hydrogen (secondary N) is 2. The van der Waals surface area contributed by atoms with Crippen molar-refractivity contribution in [3.8, 4) is 45.4 Å². The fourth-order valence-corrected chi connectivity index (χ4v) is 9.40. The molecule has 0 aliphatic carbocycles. The average Bonchev–Trinajstić information content (AvgIpc) is 4.35. The molecule has 1 saturated heterocycles. The van der Waals surface area contributed by atoms with Gasteiger partial charge in [0.1, 0.15) is 34.4 Å². The van der Waals surface area contributed by atoms with Crippen LogP contribution >= 0.6 is 0 Å². The third-order valence-electron chi connectivity index (χ3n) is 13.3. The molecule has 2 atom stereocenters. The number of anilines is 2. The number of hydrogen-bond donors (Lipinski definition) is 3. The van der Waals surface area contributed by atoms with Crippen molar-refractivity contribution in [2.75, 3.05) is 37.9 Å². The van der Waals surface area contributed by atoms with Crippen LogP contribution in [-0.4, -0.2) is 88.2 Å². The average molecular weight is 1060 g/mol. The lowest BCUT2D eigenvalue weighted by molar-refractivity contribution is 0.0696. The number of ether oxygens (including phenoxy) is 2. The SMILES string of the molecule is C.COc1cc(-c2cccc3cc([C@H](C)Nc4nc(C)ncc4C(=O)N4CC4)n(-c4ccccc4)c(=O)c23)ccn1.COc1cc(-c2cccc3cc([C@H](C)Nc4nc(C)ncc4C(=O)O)n(-c4ccccc4)c(=O)c23)ccn1. The Labute approximate surface area is 455 Å². The number of aromatic nitrogens is 8. The summed E-state index contributed by atoms with van der Waals surface area (Å²) in [5.74, 6) is 1.28. The van der Waals surface area contributed by atoms with Gasteiger partial charge in [-0.25, -0.2) is 34.7 Å².